The maximum absolute atomic E-state index is 12.2. The monoisotopic (exact) mass is 272 g/mol. The van der Waals surface area contributed by atoms with Crippen LogP contribution in [0, 0.1) is 0 Å². The predicted molar refractivity (Wildman–Crippen MR) is 74.8 cm³/mol. The van der Waals surface area contributed by atoms with Crippen LogP contribution in [0.1, 0.15) is 43.4 Å². The van der Waals surface area contributed by atoms with E-state index in [0.717, 1.165) is 5.56 Å². The van der Waals surface area contributed by atoms with Gasteiger partial charge in [-0.25, -0.2) is 0 Å². The smallest absolute Gasteiger partial charge is 0.270 e. The summed E-state index contributed by atoms with van der Waals surface area (Å²) in [6.07, 6.45) is 3.63. The molecule has 3 heterocycles. The number of amides is 1. The third-order valence-electron chi connectivity index (χ3n) is 3.58. The number of carbonyl (C=O) groups is 1. The van der Waals surface area contributed by atoms with E-state index < -0.39 is 0 Å². The molecule has 0 spiro atoms. The summed E-state index contributed by atoms with van der Waals surface area (Å²) in [6, 6.07) is 3.77. The van der Waals surface area contributed by atoms with E-state index in [-0.39, 0.29) is 29.8 Å². The number of pyridine rings is 1. The Balaban J connectivity index is 2.18. The average molecular weight is 272 g/mol. The Labute approximate surface area is 115 Å². The van der Waals surface area contributed by atoms with Gasteiger partial charge in [0.2, 0.25) is 5.91 Å². The fraction of sp³-hybridized carbons (Fsp3) is 0.357. The van der Waals surface area contributed by atoms with Gasteiger partial charge in [-0.15, -0.1) is 0 Å². The minimum atomic E-state index is -0.217. The second-order valence-corrected chi connectivity index (χ2v) is 5.25. The summed E-state index contributed by atoms with van der Waals surface area (Å²) >= 11 is 0. The highest BCUT2D eigenvalue weighted by Gasteiger charge is 2.32. The minimum absolute atomic E-state index is 0.0722. The first-order chi connectivity index (χ1) is 9.58. The molecule has 6 nitrogen and oxygen atoms in total. The first-order valence-electron chi connectivity index (χ1n) is 6.62. The van der Waals surface area contributed by atoms with Crippen LogP contribution in [0.2, 0.25) is 0 Å². The maximum Gasteiger partial charge on any atom is 0.270 e. The van der Waals surface area contributed by atoms with Gasteiger partial charge in [0.25, 0.3) is 5.56 Å². The maximum atomic E-state index is 12.2. The lowest BCUT2D eigenvalue weighted by Crippen LogP contribution is -2.27. The van der Waals surface area contributed by atoms with E-state index >= 15 is 0 Å². The normalized spacial score (nSPS) is 17.9. The molecule has 0 aromatic carbocycles. The van der Waals surface area contributed by atoms with Crippen molar-refractivity contribution in [1.82, 2.24) is 14.8 Å². The highest BCUT2D eigenvalue weighted by molar-refractivity contribution is 5.94. The molecule has 0 saturated carbocycles. The minimum Gasteiger partial charge on any atom is -0.311 e. The number of rotatable bonds is 2. The van der Waals surface area contributed by atoms with Crippen molar-refractivity contribution in [1.29, 1.82) is 0 Å². The lowest BCUT2D eigenvalue weighted by atomic mass is 9.88. The van der Waals surface area contributed by atoms with Crippen molar-refractivity contribution < 1.29 is 4.79 Å². The zero-order chi connectivity index (χ0) is 14.3. The highest BCUT2D eigenvalue weighted by atomic mass is 16.2. The van der Waals surface area contributed by atoms with Gasteiger partial charge in [-0.2, -0.15) is 0 Å². The topological polar surface area (TPSA) is 79.8 Å². The fourth-order valence-corrected chi connectivity index (χ4v) is 2.65. The van der Waals surface area contributed by atoms with E-state index in [1.807, 2.05) is 26.0 Å². The third-order valence-corrected chi connectivity index (χ3v) is 3.58. The van der Waals surface area contributed by atoms with Gasteiger partial charge in [0.05, 0.1) is 5.56 Å². The Morgan fingerprint density at radius 2 is 2.00 bits per heavy atom. The molecule has 0 radical (unpaired) electrons. The molecule has 1 amide bonds. The molecule has 2 N–H and O–H groups in total. The van der Waals surface area contributed by atoms with Crippen molar-refractivity contribution in [3.63, 3.8) is 0 Å². The molecule has 1 aliphatic rings. The number of H-pyrrole nitrogens is 1. The SMILES string of the molecule is CC(C)n1[nH]c(=O)c2c1NC(=O)CC2c1ccncc1. The average Bonchev–Trinajstić information content (AvgIpc) is 2.76. The number of aromatic amines is 1. The van der Waals surface area contributed by atoms with E-state index in [0.29, 0.717) is 11.4 Å². The van der Waals surface area contributed by atoms with Crippen LogP contribution in [0.5, 0.6) is 0 Å². The number of fused-ring (bicyclic) bond motifs is 1. The Morgan fingerprint density at radius 3 is 2.65 bits per heavy atom. The molecule has 0 aliphatic carbocycles. The van der Waals surface area contributed by atoms with Crippen LogP contribution in [0.3, 0.4) is 0 Å². The molecular formula is C14H16N4O2. The second-order valence-electron chi connectivity index (χ2n) is 5.25. The molecule has 2 aromatic heterocycles. The fourth-order valence-electron chi connectivity index (χ4n) is 2.65. The van der Waals surface area contributed by atoms with Crippen molar-refractivity contribution >= 4 is 11.7 Å². The first kappa shape index (κ1) is 12.7. The van der Waals surface area contributed by atoms with Crippen molar-refractivity contribution in [2.24, 2.45) is 0 Å². The highest BCUT2D eigenvalue weighted by Crippen LogP contribution is 2.35. The van der Waals surface area contributed by atoms with Gasteiger partial charge in [-0.1, -0.05) is 0 Å². The molecular weight excluding hydrogens is 256 g/mol. The number of carbonyl (C=O) groups excluding carboxylic acids is 1. The Morgan fingerprint density at radius 1 is 1.30 bits per heavy atom. The van der Waals surface area contributed by atoms with Gasteiger partial charge in [0.1, 0.15) is 5.82 Å². The molecule has 1 unspecified atom stereocenters. The van der Waals surface area contributed by atoms with Crippen LogP contribution < -0.4 is 10.9 Å². The van der Waals surface area contributed by atoms with Gasteiger partial charge >= 0.3 is 0 Å². The third kappa shape index (κ3) is 1.93. The van der Waals surface area contributed by atoms with Gasteiger partial charge < -0.3 is 5.32 Å². The van der Waals surface area contributed by atoms with Crippen LogP contribution in [0.15, 0.2) is 29.3 Å². The summed E-state index contributed by atoms with van der Waals surface area (Å²) in [5.74, 6) is 0.293. The molecule has 1 atom stereocenters. The van der Waals surface area contributed by atoms with E-state index in [1.165, 1.54) is 0 Å². The second kappa shape index (κ2) is 4.63. The largest absolute Gasteiger partial charge is 0.311 e. The number of hydrogen-bond acceptors (Lipinski definition) is 3. The first-order valence-corrected chi connectivity index (χ1v) is 6.62. The van der Waals surface area contributed by atoms with Crippen LogP contribution in [-0.2, 0) is 4.79 Å². The van der Waals surface area contributed by atoms with Gasteiger partial charge in [-0.05, 0) is 31.5 Å². The van der Waals surface area contributed by atoms with Crippen molar-refractivity contribution in [2.75, 3.05) is 5.32 Å². The molecule has 3 rings (SSSR count). The van der Waals surface area contributed by atoms with Gasteiger partial charge in [-0.3, -0.25) is 24.4 Å². The molecule has 104 valence electrons. The number of nitrogens with zero attached hydrogens (tertiary/aromatic N) is 2. The van der Waals surface area contributed by atoms with E-state index in [1.54, 1.807) is 17.1 Å². The van der Waals surface area contributed by atoms with Crippen LogP contribution in [0.25, 0.3) is 0 Å². The quantitative estimate of drug-likeness (QED) is 0.872. The standard InChI is InChI=1S/C14H16N4O2/c1-8(2)18-13-12(14(20)17-18)10(7-11(19)16-13)9-3-5-15-6-4-9/h3-6,8,10H,7H2,1-2H3,(H,16,19)(H,17,20). The molecule has 0 fully saturated rings. The number of aromatic nitrogens is 3. The van der Waals surface area contributed by atoms with Gasteiger partial charge in [0, 0.05) is 30.8 Å². The Kier molecular flexibility index (Phi) is 2.93. The van der Waals surface area contributed by atoms with Gasteiger partial charge in [0.15, 0.2) is 0 Å². The Bertz CT molecular complexity index is 700. The summed E-state index contributed by atoms with van der Waals surface area (Å²) in [7, 11) is 0. The van der Waals surface area contributed by atoms with E-state index in [9.17, 15) is 9.59 Å². The van der Waals surface area contributed by atoms with Crippen molar-refractivity contribution in [3.05, 3.63) is 46.0 Å². The Hall–Kier alpha value is -2.37. The molecule has 0 bridgehead atoms. The molecule has 2 aromatic rings. The number of nitrogens with one attached hydrogen (secondary N) is 2. The summed E-state index contributed by atoms with van der Waals surface area (Å²) in [5, 5.41) is 5.61. The van der Waals surface area contributed by atoms with E-state index in [4.69, 9.17) is 0 Å². The van der Waals surface area contributed by atoms with Crippen molar-refractivity contribution in [3.8, 4) is 0 Å². The molecule has 0 saturated heterocycles. The van der Waals surface area contributed by atoms with E-state index in [2.05, 4.69) is 15.4 Å². The molecule has 1 aliphatic heterocycles. The van der Waals surface area contributed by atoms with Crippen LogP contribution >= 0.6 is 0 Å². The zero-order valence-electron chi connectivity index (χ0n) is 11.4. The zero-order valence-corrected chi connectivity index (χ0v) is 11.4. The summed E-state index contributed by atoms with van der Waals surface area (Å²) < 4.78 is 1.71. The van der Waals surface area contributed by atoms with Crippen LogP contribution in [-0.4, -0.2) is 20.7 Å². The number of anilines is 1. The summed E-state index contributed by atoms with van der Waals surface area (Å²) in [4.78, 5) is 28.2. The lowest BCUT2D eigenvalue weighted by molar-refractivity contribution is -0.116. The van der Waals surface area contributed by atoms with Crippen molar-refractivity contribution in [2.45, 2.75) is 32.2 Å². The predicted octanol–water partition coefficient (Wildman–Crippen LogP) is 1.63. The summed E-state index contributed by atoms with van der Waals surface area (Å²) in [5.41, 5.74) is 1.42. The summed E-state index contributed by atoms with van der Waals surface area (Å²) in [6.45, 7) is 3.91. The molecule has 6 heteroatoms. The lowest BCUT2D eigenvalue weighted by Gasteiger charge is -2.24. The molecule has 20 heavy (non-hydrogen) atoms. The number of hydrogen-bond donors (Lipinski definition) is 2. The van der Waals surface area contributed by atoms with Crippen LogP contribution in [0.4, 0.5) is 5.82 Å².